The lowest BCUT2D eigenvalue weighted by Crippen LogP contribution is -2.34. The fraction of sp³-hybridized carbons (Fsp3) is 0.375. The fourth-order valence-electron chi connectivity index (χ4n) is 4.07. The molecule has 1 aliphatic rings. The number of aromatic nitrogens is 2. The predicted molar refractivity (Wildman–Crippen MR) is 118 cm³/mol. The minimum absolute atomic E-state index is 0.107. The number of aryl methyl sites for hydroxylation is 2. The maximum Gasteiger partial charge on any atom is 0.270 e. The van der Waals surface area contributed by atoms with Gasteiger partial charge in [-0.25, -0.2) is 4.98 Å². The molecule has 30 heavy (non-hydrogen) atoms. The van der Waals surface area contributed by atoms with E-state index in [2.05, 4.69) is 39.5 Å². The van der Waals surface area contributed by atoms with E-state index in [1.807, 2.05) is 36.6 Å². The molecule has 1 aromatic carbocycles. The first kappa shape index (κ1) is 20.1. The van der Waals surface area contributed by atoms with Crippen molar-refractivity contribution in [2.75, 3.05) is 18.0 Å². The fourth-order valence-corrected chi connectivity index (χ4v) is 4.07. The largest absolute Gasteiger partial charge is 0.371 e. The Morgan fingerprint density at radius 1 is 1.17 bits per heavy atom. The van der Waals surface area contributed by atoms with Gasteiger partial charge in [0.05, 0.1) is 5.69 Å². The van der Waals surface area contributed by atoms with Crippen molar-refractivity contribution in [3.8, 4) is 0 Å². The molecule has 0 radical (unpaired) electrons. The van der Waals surface area contributed by atoms with Crippen LogP contribution in [0.5, 0.6) is 0 Å². The van der Waals surface area contributed by atoms with Crippen LogP contribution in [0.4, 0.5) is 5.69 Å². The highest BCUT2D eigenvalue weighted by Gasteiger charge is 2.20. The van der Waals surface area contributed by atoms with Crippen LogP contribution in [0.1, 0.15) is 47.1 Å². The van der Waals surface area contributed by atoms with E-state index in [4.69, 9.17) is 0 Å². The summed E-state index contributed by atoms with van der Waals surface area (Å²) in [6, 6.07) is 12.3. The summed E-state index contributed by atoms with van der Waals surface area (Å²) in [6.45, 7) is 6.31. The summed E-state index contributed by atoms with van der Waals surface area (Å²) in [7, 11) is 0. The summed E-state index contributed by atoms with van der Waals surface area (Å²) in [6.07, 6.45) is 5.58. The molecule has 0 aliphatic carbocycles. The number of piperidine rings is 1. The molecule has 1 fully saturated rings. The third-order valence-corrected chi connectivity index (χ3v) is 5.88. The highest BCUT2D eigenvalue weighted by molar-refractivity contribution is 5.94. The van der Waals surface area contributed by atoms with Gasteiger partial charge in [0, 0.05) is 37.4 Å². The first-order valence-corrected chi connectivity index (χ1v) is 10.6. The number of nitrogens with zero attached hydrogens (tertiary/aromatic N) is 3. The molecule has 0 saturated carbocycles. The average Bonchev–Trinajstić information content (AvgIpc) is 3.15. The molecule has 1 saturated heterocycles. The van der Waals surface area contributed by atoms with E-state index in [-0.39, 0.29) is 11.8 Å². The van der Waals surface area contributed by atoms with Gasteiger partial charge in [-0.2, -0.15) is 0 Å². The minimum atomic E-state index is -0.107. The molecule has 1 aliphatic heterocycles. The highest BCUT2D eigenvalue weighted by atomic mass is 16.2. The minimum Gasteiger partial charge on any atom is -0.371 e. The second kappa shape index (κ2) is 8.69. The number of hydrogen-bond donors (Lipinski definition) is 1. The van der Waals surface area contributed by atoms with Gasteiger partial charge in [0.2, 0.25) is 0 Å². The molecular weight excluding hydrogens is 376 g/mol. The number of imidazole rings is 1. The van der Waals surface area contributed by atoms with E-state index < -0.39 is 0 Å². The summed E-state index contributed by atoms with van der Waals surface area (Å²) in [5.74, 6) is 0.0946. The zero-order chi connectivity index (χ0) is 21.1. The molecule has 1 N–H and O–H groups in total. The van der Waals surface area contributed by atoms with Crippen molar-refractivity contribution in [3.05, 3.63) is 65.1 Å². The van der Waals surface area contributed by atoms with E-state index in [1.165, 1.54) is 5.69 Å². The third-order valence-electron chi connectivity index (χ3n) is 5.88. The second-order valence-electron chi connectivity index (χ2n) is 8.00. The molecule has 0 atom stereocenters. The average molecular weight is 405 g/mol. The van der Waals surface area contributed by atoms with Crippen molar-refractivity contribution in [2.45, 2.75) is 39.7 Å². The molecule has 2 aromatic heterocycles. The third kappa shape index (κ3) is 4.08. The number of amides is 1. The van der Waals surface area contributed by atoms with Gasteiger partial charge in [-0.3, -0.25) is 9.20 Å². The summed E-state index contributed by atoms with van der Waals surface area (Å²) in [4.78, 5) is 30.8. The summed E-state index contributed by atoms with van der Waals surface area (Å²) >= 11 is 0. The van der Waals surface area contributed by atoms with Crippen molar-refractivity contribution < 1.29 is 9.59 Å². The first-order valence-electron chi connectivity index (χ1n) is 10.6. The normalized spacial score (nSPS) is 14.8. The van der Waals surface area contributed by atoms with E-state index in [0.717, 1.165) is 54.7 Å². The summed E-state index contributed by atoms with van der Waals surface area (Å²) < 4.78 is 1.88. The van der Waals surface area contributed by atoms with Crippen LogP contribution in [0.3, 0.4) is 0 Å². The van der Waals surface area contributed by atoms with Crippen LogP contribution in [-0.4, -0.2) is 34.7 Å². The topological polar surface area (TPSA) is 66.7 Å². The molecule has 6 nitrogen and oxygen atoms in total. The Morgan fingerprint density at radius 3 is 2.57 bits per heavy atom. The predicted octanol–water partition coefficient (Wildman–Crippen LogP) is 3.55. The van der Waals surface area contributed by atoms with E-state index in [1.54, 1.807) is 0 Å². The number of anilines is 1. The van der Waals surface area contributed by atoms with Crippen LogP contribution in [0.15, 0.2) is 42.6 Å². The van der Waals surface area contributed by atoms with Gasteiger partial charge in [0.1, 0.15) is 17.6 Å². The number of rotatable bonds is 6. The molecule has 4 rings (SSSR count). The van der Waals surface area contributed by atoms with Crippen LogP contribution in [-0.2, 0) is 17.8 Å². The zero-order valence-electron chi connectivity index (χ0n) is 17.6. The van der Waals surface area contributed by atoms with Crippen LogP contribution in [0, 0.1) is 12.8 Å². The number of carbonyl (C=O) groups is 2. The molecule has 3 heterocycles. The van der Waals surface area contributed by atoms with Crippen molar-refractivity contribution >= 4 is 23.5 Å². The standard InChI is InChI=1S/C24H28N4O2/c1-3-21-23(28-15-17(2)4-9-22(28)26-21)24(30)25-14-18-5-7-20(8-6-18)27-12-10-19(16-29)11-13-27/h4-9,15-16,19H,3,10-14H2,1-2H3,(H,25,30). The Balaban J connectivity index is 1.43. The lowest BCUT2D eigenvalue weighted by Gasteiger charge is -2.31. The van der Waals surface area contributed by atoms with Crippen molar-refractivity contribution in [1.82, 2.24) is 14.7 Å². The van der Waals surface area contributed by atoms with Crippen LogP contribution < -0.4 is 10.2 Å². The molecule has 156 valence electrons. The number of benzene rings is 1. The molecule has 3 aromatic rings. The number of carbonyl (C=O) groups excluding carboxylic acids is 2. The Hall–Kier alpha value is -3.15. The van der Waals surface area contributed by atoms with Crippen molar-refractivity contribution in [1.29, 1.82) is 0 Å². The monoisotopic (exact) mass is 404 g/mol. The number of fused-ring (bicyclic) bond motifs is 1. The number of hydrogen-bond acceptors (Lipinski definition) is 4. The second-order valence-corrected chi connectivity index (χ2v) is 8.00. The van der Waals surface area contributed by atoms with Crippen molar-refractivity contribution in [3.63, 3.8) is 0 Å². The van der Waals surface area contributed by atoms with Gasteiger partial charge in [0.25, 0.3) is 5.91 Å². The van der Waals surface area contributed by atoms with Gasteiger partial charge < -0.3 is 15.0 Å². The Labute approximate surface area is 176 Å². The lowest BCUT2D eigenvalue weighted by molar-refractivity contribution is -0.111. The molecule has 6 heteroatoms. The summed E-state index contributed by atoms with van der Waals surface area (Å²) in [5, 5.41) is 3.05. The van der Waals surface area contributed by atoms with Crippen LogP contribution in [0.25, 0.3) is 5.65 Å². The lowest BCUT2D eigenvalue weighted by atomic mass is 9.98. The number of aldehydes is 1. The zero-order valence-corrected chi connectivity index (χ0v) is 17.6. The van der Waals surface area contributed by atoms with E-state index in [0.29, 0.717) is 18.7 Å². The highest BCUT2D eigenvalue weighted by Crippen LogP contribution is 2.23. The molecule has 0 spiro atoms. The smallest absolute Gasteiger partial charge is 0.270 e. The Morgan fingerprint density at radius 2 is 1.90 bits per heavy atom. The van der Waals surface area contributed by atoms with Gasteiger partial charge in [0.15, 0.2) is 0 Å². The molecular formula is C24H28N4O2. The number of pyridine rings is 1. The van der Waals surface area contributed by atoms with E-state index in [9.17, 15) is 9.59 Å². The van der Waals surface area contributed by atoms with Crippen LogP contribution in [0.2, 0.25) is 0 Å². The van der Waals surface area contributed by atoms with Crippen LogP contribution >= 0.6 is 0 Å². The SMILES string of the molecule is CCc1nc2ccc(C)cn2c1C(=O)NCc1ccc(N2CCC(C=O)CC2)cc1. The maximum absolute atomic E-state index is 12.9. The van der Waals surface area contributed by atoms with Gasteiger partial charge in [-0.05, 0) is 55.5 Å². The number of nitrogens with one attached hydrogen (secondary N) is 1. The maximum atomic E-state index is 12.9. The quantitative estimate of drug-likeness (QED) is 0.638. The molecule has 1 amide bonds. The molecule has 0 bridgehead atoms. The van der Waals surface area contributed by atoms with Gasteiger partial charge >= 0.3 is 0 Å². The van der Waals surface area contributed by atoms with Crippen molar-refractivity contribution in [2.24, 2.45) is 5.92 Å². The summed E-state index contributed by atoms with van der Waals surface area (Å²) in [5.41, 5.74) is 5.53. The van der Waals surface area contributed by atoms with Gasteiger partial charge in [-0.15, -0.1) is 0 Å². The Kier molecular flexibility index (Phi) is 5.84. The molecule has 0 unspecified atom stereocenters. The van der Waals surface area contributed by atoms with Gasteiger partial charge in [-0.1, -0.05) is 25.1 Å². The first-order chi connectivity index (χ1) is 14.6. The Bertz CT molecular complexity index is 1050. The van der Waals surface area contributed by atoms with E-state index >= 15 is 0 Å².